The summed E-state index contributed by atoms with van der Waals surface area (Å²) in [5.41, 5.74) is 3.03. The Morgan fingerprint density at radius 1 is 1.21 bits per heavy atom. The van der Waals surface area contributed by atoms with Gasteiger partial charge in [-0.1, -0.05) is 26.0 Å². The number of methoxy groups -OCH3 is 1. The van der Waals surface area contributed by atoms with Crippen molar-refractivity contribution in [1.29, 1.82) is 0 Å². The number of rotatable bonds is 9. The molecule has 0 heterocycles. The highest BCUT2D eigenvalue weighted by molar-refractivity contribution is 7.89. The second-order valence-corrected chi connectivity index (χ2v) is 7.61. The van der Waals surface area contributed by atoms with Crippen LogP contribution in [0.4, 0.5) is 11.4 Å². The fourth-order valence-electron chi connectivity index (χ4n) is 2.53. The molecule has 10 heteroatoms. The van der Waals surface area contributed by atoms with Crippen molar-refractivity contribution < 1.29 is 18.1 Å². The molecule has 0 bridgehead atoms. The summed E-state index contributed by atoms with van der Waals surface area (Å²) in [5, 5.41) is 15.4. The standard InChI is InChI=1S/C18H22N4O5S/c1-4-21(5-2)28(25,26)16-9-10-17(18(12-16)22(23)24)20-19-13-14-7-6-8-15(11-14)27-3/h6-13,20H,4-5H2,1-3H3/b19-13-. The molecule has 0 saturated carbocycles. The molecule has 2 aromatic carbocycles. The lowest BCUT2D eigenvalue weighted by molar-refractivity contribution is -0.384. The molecule has 0 unspecified atom stereocenters. The predicted octanol–water partition coefficient (Wildman–Crippen LogP) is 3.08. The van der Waals surface area contributed by atoms with E-state index in [0.29, 0.717) is 5.75 Å². The van der Waals surface area contributed by atoms with E-state index in [1.165, 1.54) is 22.7 Å². The fourth-order valence-corrected chi connectivity index (χ4v) is 4.01. The first-order chi connectivity index (χ1) is 13.3. The van der Waals surface area contributed by atoms with E-state index >= 15 is 0 Å². The summed E-state index contributed by atoms with van der Waals surface area (Å²) >= 11 is 0. The van der Waals surface area contributed by atoms with Crippen molar-refractivity contribution in [1.82, 2.24) is 4.31 Å². The van der Waals surface area contributed by atoms with Crippen molar-refractivity contribution in [3.63, 3.8) is 0 Å². The van der Waals surface area contributed by atoms with Crippen molar-refractivity contribution >= 4 is 27.6 Å². The third-order valence-corrected chi connectivity index (χ3v) is 6.05. The highest BCUT2D eigenvalue weighted by Gasteiger charge is 2.25. The summed E-state index contributed by atoms with van der Waals surface area (Å²) in [6.45, 7) is 3.96. The molecular formula is C18H22N4O5S. The predicted molar refractivity (Wildman–Crippen MR) is 107 cm³/mol. The number of benzene rings is 2. The number of nitro benzene ring substituents is 1. The lowest BCUT2D eigenvalue weighted by Crippen LogP contribution is -2.30. The van der Waals surface area contributed by atoms with Crippen LogP contribution in [0, 0.1) is 10.1 Å². The van der Waals surface area contributed by atoms with E-state index in [4.69, 9.17) is 4.74 Å². The normalized spacial score (nSPS) is 11.7. The molecule has 2 aromatic rings. The minimum atomic E-state index is -3.80. The molecule has 2 rings (SSSR count). The number of hydrogen-bond donors (Lipinski definition) is 1. The van der Waals surface area contributed by atoms with E-state index in [9.17, 15) is 18.5 Å². The minimum absolute atomic E-state index is 0.0858. The van der Waals surface area contributed by atoms with Crippen molar-refractivity contribution in [2.45, 2.75) is 18.7 Å². The van der Waals surface area contributed by atoms with Gasteiger partial charge in [-0.2, -0.15) is 9.41 Å². The van der Waals surface area contributed by atoms with E-state index in [-0.39, 0.29) is 29.4 Å². The molecule has 0 spiro atoms. The van der Waals surface area contributed by atoms with Crippen LogP contribution >= 0.6 is 0 Å². The van der Waals surface area contributed by atoms with E-state index < -0.39 is 14.9 Å². The average Bonchev–Trinajstić information content (AvgIpc) is 2.68. The fraction of sp³-hybridized carbons (Fsp3) is 0.278. The van der Waals surface area contributed by atoms with Gasteiger partial charge < -0.3 is 4.74 Å². The summed E-state index contributed by atoms with van der Waals surface area (Å²) in [6.07, 6.45) is 1.48. The molecule has 0 saturated heterocycles. The summed E-state index contributed by atoms with van der Waals surface area (Å²) < 4.78 is 31.5. The highest BCUT2D eigenvalue weighted by atomic mass is 32.2. The first kappa shape index (κ1) is 21.3. The SMILES string of the molecule is CCN(CC)S(=O)(=O)c1ccc(N/N=C\c2cccc(OC)c2)c([N+](=O)[O-])c1. The van der Waals surface area contributed by atoms with Crippen LogP contribution in [0.3, 0.4) is 0 Å². The zero-order valence-corrected chi connectivity index (χ0v) is 16.6. The summed E-state index contributed by atoms with van der Waals surface area (Å²) in [6, 6.07) is 10.8. The number of nitro groups is 1. The van der Waals surface area contributed by atoms with Crippen LogP contribution in [0.25, 0.3) is 0 Å². The van der Waals surface area contributed by atoms with Crippen molar-refractivity contribution in [2.75, 3.05) is 25.6 Å². The zero-order chi connectivity index (χ0) is 20.7. The largest absolute Gasteiger partial charge is 0.497 e. The summed E-state index contributed by atoms with van der Waals surface area (Å²) in [4.78, 5) is 10.6. The van der Waals surface area contributed by atoms with Gasteiger partial charge in [-0.3, -0.25) is 15.5 Å². The number of ether oxygens (including phenoxy) is 1. The molecule has 0 fully saturated rings. The van der Waals surface area contributed by atoms with Gasteiger partial charge in [0.1, 0.15) is 11.4 Å². The van der Waals surface area contributed by atoms with E-state index in [1.807, 2.05) is 0 Å². The number of anilines is 1. The van der Waals surface area contributed by atoms with Gasteiger partial charge in [-0.05, 0) is 29.8 Å². The third-order valence-electron chi connectivity index (χ3n) is 4.00. The monoisotopic (exact) mass is 406 g/mol. The lowest BCUT2D eigenvalue weighted by atomic mass is 10.2. The summed E-state index contributed by atoms with van der Waals surface area (Å²) in [5.74, 6) is 0.654. The minimum Gasteiger partial charge on any atom is -0.497 e. The molecule has 9 nitrogen and oxygen atoms in total. The van der Waals surface area contributed by atoms with Crippen LogP contribution < -0.4 is 10.2 Å². The van der Waals surface area contributed by atoms with Gasteiger partial charge in [0, 0.05) is 19.2 Å². The van der Waals surface area contributed by atoms with Gasteiger partial charge in [-0.15, -0.1) is 0 Å². The highest BCUT2D eigenvalue weighted by Crippen LogP contribution is 2.29. The quantitative estimate of drug-likeness (QED) is 0.389. The number of hydrogen-bond acceptors (Lipinski definition) is 7. The molecule has 1 N–H and O–H groups in total. The molecule has 0 aliphatic rings. The zero-order valence-electron chi connectivity index (χ0n) is 15.8. The van der Waals surface area contributed by atoms with Gasteiger partial charge in [0.2, 0.25) is 10.0 Å². The molecule has 28 heavy (non-hydrogen) atoms. The van der Waals surface area contributed by atoms with Crippen LogP contribution in [0.15, 0.2) is 52.5 Å². The topological polar surface area (TPSA) is 114 Å². The van der Waals surface area contributed by atoms with Crippen LogP contribution in [-0.4, -0.2) is 44.1 Å². The van der Waals surface area contributed by atoms with Crippen LogP contribution in [0.2, 0.25) is 0 Å². The van der Waals surface area contributed by atoms with Gasteiger partial charge in [0.25, 0.3) is 5.69 Å². The second kappa shape index (κ2) is 9.29. The Balaban J connectivity index is 2.30. The maximum Gasteiger partial charge on any atom is 0.295 e. The molecular weight excluding hydrogens is 384 g/mol. The molecule has 0 aliphatic carbocycles. The summed E-state index contributed by atoms with van der Waals surface area (Å²) in [7, 11) is -2.25. The van der Waals surface area contributed by atoms with E-state index in [2.05, 4.69) is 10.5 Å². The smallest absolute Gasteiger partial charge is 0.295 e. The van der Waals surface area contributed by atoms with Crippen molar-refractivity contribution in [3.8, 4) is 5.75 Å². The number of nitrogens with zero attached hydrogens (tertiary/aromatic N) is 3. The Morgan fingerprint density at radius 3 is 2.54 bits per heavy atom. The molecule has 0 amide bonds. The van der Waals surface area contributed by atoms with Crippen molar-refractivity contribution in [3.05, 3.63) is 58.1 Å². The van der Waals surface area contributed by atoms with Crippen LogP contribution in [0.5, 0.6) is 5.75 Å². The lowest BCUT2D eigenvalue weighted by Gasteiger charge is -2.18. The number of nitrogens with one attached hydrogen (secondary N) is 1. The Kier molecular flexibility index (Phi) is 7.07. The first-order valence-electron chi connectivity index (χ1n) is 8.55. The first-order valence-corrected chi connectivity index (χ1v) is 9.99. The molecule has 0 atom stereocenters. The third kappa shape index (κ3) is 4.84. The maximum absolute atomic E-state index is 12.6. The molecule has 0 aromatic heterocycles. The average molecular weight is 406 g/mol. The second-order valence-electron chi connectivity index (χ2n) is 5.67. The van der Waals surface area contributed by atoms with Gasteiger partial charge in [0.05, 0.1) is 23.1 Å². The molecule has 150 valence electrons. The maximum atomic E-state index is 12.6. The van der Waals surface area contributed by atoms with E-state index in [0.717, 1.165) is 11.6 Å². The molecule has 0 aliphatic heterocycles. The van der Waals surface area contributed by atoms with Crippen LogP contribution in [0.1, 0.15) is 19.4 Å². The van der Waals surface area contributed by atoms with E-state index in [1.54, 1.807) is 45.2 Å². The van der Waals surface area contributed by atoms with Gasteiger partial charge in [-0.25, -0.2) is 8.42 Å². The number of sulfonamides is 1. The van der Waals surface area contributed by atoms with Crippen molar-refractivity contribution in [2.24, 2.45) is 5.10 Å². The van der Waals surface area contributed by atoms with Crippen LogP contribution in [-0.2, 0) is 10.0 Å². The van der Waals surface area contributed by atoms with Gasteiger partial charge in [0.15, 0.2) is 0 Å². The Hall–Kier alpha value is -2.98. The Labute approximate surface area is 163 Å². The Morgan fingerprint density at radius 2 is 1.93 bits per heavy atom. The Bertz CT molecular complexity index is 972. The van der Waals surface area contributed by atoms with Gasteiger partial charge >= 0.3 is 0 Å². The molecule has 0 radical (unpaired) electrons. The number of hydrazone groups is 1.